The molecule has 0 aliphatic heterocycles. The van der Waals surface area contributed by atoms with Crippen molar-refractivity contribution in [3.63, 3.8) is 0 Å². The first-order valence-corrected chi connectivity index (χ1v) is 6.07. The number of ether oxygens (including phenoxy) is 1. The highest BCUT2D eigenvalue weighted by Gasteiger charge is 2.02. The number of nitrogens with zero attached hydrogens (tertiary/aromatic N) is 3. The molecule has 0 spiro atoms. The van der Waals surface area contributed by atoms with Crippen LogP contribution in [0.3, 0.4) is 0 Å². The van der Waals surface area contributed by atoms with E-state index in [0.717, 1.165) is 23.6 Å². The first-order chi connectivity index (χ1) is 9.21. The van der Waals surface area contributed by atoms with Gasteiger partial charge in [-0.25, -0.2) is 15.0 Å². The number of nitrogens with two attached hydrogens (primary N) is 1. The van der Waals surface area contributed by atoms with Crippen LogP contribution in [0.2, 0.25) is 0 Å². The Morgan fingerprint density at radius 1 is 1.32 bits per heavy atom. The van der Waals surface area contributed by atoms with Gasteiger partial charge in [-0.05, 0) is 11.6 Å². The molecule has 0 aliphatic rings. The smallest absolute Gasteiger partial charge is 0.213 e. The molecule has 2 aromatic rings. The maximum atomic E-state index is 5.73. The van der Waals surface area contributed by atoms with E-state index in [1.165, 1.54) is 0 Å². The minimum Gasteiger partial charge on any atom is -0.481 e. The molecule has 0 saturated carbocycles. The fourth-order valence-electron chi connectivity index (χ4n) is 1.63. The van der Waals surface area contributed by atoms with Gasteiger partial charge in [0.2, 0.25) is 5.88 Å². The van der Waals surface area contributed by atoms with Crippen molar-refractivity contribution < 1.29 is 4.74 Å². The molecule has 6 heteroatoms. The van der Waals surface area contributed by atoms with Gasteiger partial charge in [0, 0.05) is 31.3 Å². The van der Waals surface area contributed by atoms with Gasteiger partial charge in [-0.15, -0.1) is 0 Å². The monoisotopic (exact) mass is 259 g/mol. The second kappa shape index (κ2) is 5.99. The Morgan fingerprint density at radius 3 is 2.89 bits per heavy atom. The SMILES string of the molecule is CCc1nc(N)cc(NCc2ccnc(OC)c2)n1. The first-order valence-electron chi connectivity index (χ1n) is 6.07. The molecule has 0 saturated heterocycles. The highest BCUT2D eigenvalue weighted by atomic mass is 16.5. The van der Waals surface area contributed by atoms with E-state index in [1.54, 1.807) is 19.4 Å². The van der Waals surface area contributed by atoms with Crippen molar-refractivity contribution in [3.8, 4) is 5.88 Å². The maximum Gasteiger partial charge on any atom is 0.213 e. The van der Waals surface area contributed by atoms with Gasteiger partial charge in [0.1, 0.15) is 17.5 Å². The molecule has 2 aromatic heterocycles. The summed E-state index contributed by atoms with van der Waals surface area (Å²) in [4.78, 5) is 12.6. The molecule has 0 amide bonds. The van der Waals surface area contributed by atoms with E-state index < -0.39 is 0 Å². The number of aromatic nitrogens is 3. The van der Waals surface area contributed by atoms with Crippen LogP contribution in [-0.4, -0.2) is 22.1 Å². The lowest BCUT2D eigenvalue weighted by molar-refractivity contribution is 0.397. The molecule has 0 atom stereocenters. The van der Waals surface area contributed by atoms with Crippen molar-refractivity contribution in [2.75, 3.05) is 18.2 Å². The largest absolute Gasteiger partial charge is 0.481 e. The number of nitrogens with one attached hydrogen (secondary N) is 1. The zero-order valence-corrected chi connectivity index (χ0v) is 11.1. The van der Waals surface area contributed by atoms with Crippen molar-refractivity contribution >= 4 is 11.6 Å². The Balaban J connectivity index is 2.07. The second-order valence-corrected chi connectivity index (χ2v) is 4.01. The standard InChI is InChI=1S/C13H17N5O/c1-3-11-17-10(14)7-12(18-11)16-8-9-4-5-15-13(6-9)19-2/h4-7H,3,8H2,1-2H3,(H3,14,16,17,18). The third-order valence-corrected chi connectivity index (χ3v) is 2.59. The summed E-state index contributed by atoms with van der Waals surface area (Å²) in [5.41, 5.74) is 6.79. The molecule has 6 nitrogen and oxygen atoms in total. The highest BCUT2D eigenvalue weighted by Crippen LogP contribution is 2.12. The Morgan fingerprint density at radius 2 is 2.16 bits per heavy atom. The van der Waals surface area contributed by atoms with E-state index in [0.29, 0.717) is 18.2 Å². The third kappa shape index (κ3) is 3.54. The average Bonchev–Trinajstić information content (AvgIpc) is 2.44. The molecule has 2 rings (SSSR count). The summed E-state index contributed by atoms with van der Waals surface area (Å²) in [7, 11) is 1.60. The maximum absolute atomic E-state index is 5.73. The Bertz CT molecular complexity index is 558. The van der Waals surface area contributed by atoms with Crippen LogP contribution in [0.25, 0.3) is 0 Å². The van der Waals surface area contributed by atoms with Crippen molar-refractivity contribution in [2.24, 2.45) is 0 Å². The number of hydrogen-bond donors (Lipinski definition) is 2. The Labute approximate surface area is 112 Å². The van der Waals surface area contributed by atoms with Gasteiger partial charge in [0.05, 0.1) is 7.11 Å². The molecule has 0 radical (unpaired) electrons. The van der Waals surface area contributed by atoms with Crippen molar-refractivity contribution in [2.45, 2.75) is 19.9 Å². The van der Waals surface area contributed by atoms with Gasteiger partial charge in [-0.3, -0.25) is 0 Å². The van der Waals surface area contributed by atoms with Crippen molar-refractivity contribution in [3.05, 3.63) is 35.8 Å². The normalized spacial score (nSPS) is 10.2. The van der Waals surface area contributed by atoms with E-state index in [1.807, 2.05) is 19.1 Å². The summed E-state index contributed by atoms with van der Waals surface area (Å²) in [5.74, 6) is 2.52. The van der Waals surface area contributed by atoms with Gasteiger partial charge in [-0.2, -0.15) is 0 Å². The molecule has 0 bridgehead atoms. The zero-order chi connectivity index (χ0) is 13.7. The Hall–Kier alpha value is -2.37. The number of methoxy groups -OCH3 is 1. The number of aryl methyl sites for hydroxylation is 1. The van der Waals surface area contributed by atoms with E-state index in [-0.39, 0.29) is 0 Å². The van der Waals surface area contributed by atoms with E-state index in [4.69, 9.17) is 10.5 Å². The lowest BCUT2D eigenvalue weighted by atomic mass is 10.2. The average molecular weight is 259 g/mol. The van der Waals surface area contributed by atoms with Crippen LogP contribution >= 0.6 is 0 Å². The summed E-state index contributed by atoms with van der Waals surface area (Å²) in [6, 6.07) is 5.51. The summed E-state index contributed by atoms with van der Waals surface area (Å²) in [6.07, 6.45) is 2.46. The van der Waals surface area contributed by atoms with Crippen LogP contribution in [0.15, 0.2) is 24.4 Å². The second-order valence-electron chi connectivity index (χ2n) is 4.01. The van der Waals surface area contributed by atoms with Gasteiger partial charge < -0.3 is 15.8 Å². The lowest BCUT2D eigenvalue weighted by Gasteiger charge is -2.08. The van der Waals surface area contributed by atoms with Crippen molar-refractivity contribution in [1.82, 2.24) is 15.0 Å². The number of hydrogen-bond acceptors (Lipinski definition) is 6. The minimum absolute atomic E-state index is 0.474. The molecule has 0 fully saturated rings. The fraction of sp³-hybridized carbons (Fsp3) is 0.308. The highest BCUT2D eigenvalue weighted by molar-refractivity contribution is 5.45. The summed E-state index contributed by atoms with van der Waals surface area (Å²) in [5, 5.41) is 3.21. The van der Waals surface area contributed by atoms with Crippen molar-refractivity contribution in [1.29, 1.82) is 0 Å². The molecule has 0 unspecified atom stereocenters. The minimum atomic E-state index is 0.474. The van der Waals surface area contributed by atoms with Gasteiger partial charge in [0.25, 0.3) is 0 Å². The summed E-state index contributed by atoms with van der Waals surface area (Å²) < 4.78 is 5.08. The molecule has 3 N–H and O–H groups in total. The molecule has 19 heavy (non-hydrogen) atoms. The third-order valence-electron chi connectivity index (χ3n) is 2.59. The summed E-state index contributed by atoms with van der Waals surface area (Å²) in [6.45, 7) is 2.62. The molecule has 0 aromatic carbocycles. The number of anilines is 2. The van der Waals surface area contributed by atoms with Gasteiger partial charge >= 0.3 is 0 Å². The number of pyridine rings is 1. The van der Waals surface area contributed by atoms with Gasteiger partial charge in [0.15, 0.2) is 0 Å². The lowest BCUT2D eigenvalue weighted by Crippen LogP contribution is -2.06. The molecule has 2 heterocycles. The first kappa shape index (κ1) is 13.1. The Kier molecular flexibility index (Phi) is 4.12. The van der Waals surface area contributed by atoms with Crippen LogP contribution in [-0.2, 0) is 13.0 Å². The van der Waals surface area contributed by atoms with Crippen LogP contribution in [0.1, 0.15) is 18.3 Å². The quantitative estimate of drug-likeness (QED) is 0.849. The van der Waals surface area contributed by atoms with Crippen LogP contribution < -0.4 is 15.8 Å². The van der Waals surface area contributed by atoms with E-state index in [2.05, 4.69) is 20.3 Å². The predicted molar refractivity (Wildman–Crippen MR) is 73.9 cm³/mol. The van der Waals surface area contributed by atoms with E-state index >= 15 is 0 Å². The molecular formula is C13H17N5O. The van der Waals surface area contributed by atoms with Gasteiger partial charge in [-0.1, -0.05) is 6.92 Å². The van der Waals surface area contributed by atoms with Crippen LogP contribution in [0.4, 0.5) is 11.6 Å². The number of nitrogen functional groups attached to an aromatic ring is 1. The van der Waals surface area contributed by atoms with E-state index in [9.17, 15) is 0 Å². The van der Waals surface area contributed by atoms with Crippen LogP contribution in [0, 0.1) is 0 Å². The molecular weight excluding hydrogens is 242 g/mol. The number of rotatable bonds is 5. The summed E-state index contributed by atoms with van der Waals surface area (Å²) >= 11 is 0. The fourth-order valence-corrected chi connectivity index (χ4v) is 1.63. The van der Waals surface area contributed by atoms with Crippen LogP contribution in [0.5, 0.6) is 5.88 Å². The molecule has 100 valence electrons. The predicted octanol–water partition coefficient (Wildman–Crippen LogP) is 1.64. The topological polar surface area (TPSA) is 86.0 Å². The molecule has 0 aliphatic carbocycles. The zero-order valence-electron chi connectivity index (χ0n) is 11.1.